The van der Waals surface area contributed by atoms with Gasteiger partial charge in [0.2, 0.25) is 0 Å². The van der Waals surface area contributed by atoms with Crippen molar-refractivity contribution in [3.8, 4) is 16.5 Å². The number of methoxy groups -OCH3 is 1. The summed E-state index contributed by atoms with van der Waals surface area (Å²) in [6.45, 7) is 8.52. The predicted molar refractivity (Wildman–Crippen MR) is 162 cm³/mol. The summed E-state index contributed by atoms with van der Waals surface area (Å²) in [5.74, 6) is 0.451. The van der Waals surface area contributed by atoms with E-state index in [1.165, 1.54) is 18.4 Å². The maximum absolute atomic E-state index is 12.7. The van der Waals surface area contributed by atoms with Gasteiger partial charge < -0.3 is 23.8 Å². The number of para-hydroxylation sites is 2. The standard InChI is InChI=1S/C31H34ClN3O6S/c1-19(39-25-17-26(42-28(25)29(36)38-5)35-18-33-22-10-6-7-11-23(22)35)21-9-8-12-24(27(21)32)40-20-13-15-34(16-14-20)30(37)41-31(2,3)4/h6-12,17-20H,13-16H2,1-5H3. The molecule has 222 valence electrons. The Balaban J connectivity index is 1.30. The number of ether oxygens (including phenoxy) is 4. The fourth-order valence-corrected chi connectivity index (χ4v) is 6.10. The fourth-order valence-electron chi connectivity index (χ4n) is 4.79. The first-order valence-electron chi connectivity index (χ1n) is 13.8. The number of thiophene rings is 1. The average molecular weight is 612 g/mol. The van der Waals surface area contributed by atoms with Crippen LogP contribution in [0.1, 0.15) is 61.9 Å². The molecule has 1 unspecified atom stereocenters. The van der Waals surface area contributed by atoms with Crippen molar-refractivity contribution in [1.82, 2.24) is 14.5 Å². The third-order valence-electron chi connectivity index (χ3n) is 6.87. The second-order valence-electron chi connectivity index (χ2n) is 11.1. The largest absolute Gasteiger partial charge is 0.489 e. The van der Waals surface area contributed by atoms with E-state index in [0.717, 1.165) is 21.6 Å². The molecule has 0 N–H and O–H groups in total. The number of imidazole rings is 1. The molecule has 1 amide bonds. The van der Waals surface area contributed by atoms with Gasteiger partial charge in [0.05, 0.1) is 23.2 Å². The molecule has 4 aromatic rings. The average Bonchev–Trinajstić information content (AvgIpc) is 3.57. The molecule has 1 fully saturated rings. The van der Waals surface area contributed by atoms with E-state index in [2.05, 4.69) is 4.98 Å². The molecule has 2 aromatic carbocycles. The highest BCUT2D eigenvalue weighted by molar-refractivity contribution is 7.16. The van der Waals surface area contributed by atoms with E-state index in [-0.39, 0.29) is 12.2 Å². The zero-order chi connectivity index (χ0) is 30.0. The number of aromatic nitrogens is 2. The monoisotopic (exact) mass is 611 g/mol. The van der Waals surface area contributed by atoms with Gasteiger partial charge >= 0.3 is 12.1 Å². The van der Waals surface area contributed by atoms with Gasteiger partial charge in [-0.25, -0.2) is 14.6 Å². The van der Waals surface area contributed by atoms with Gasteiger partial charge in [-0.3, -0.25) is 4.57 Å². The number of carbonyl (C=O) groups excluding carboxylic acids is 2. The molecule has 2 aromatic heterocycles. The van der Waals surface area contributed by atoms with Crippen LogP contribution in [0.4, 0.5) is 4.79 Å². The van der Waals surface area contributed by atoms with E-state index in [0.29, 0.717) is 47.3 Å². The van der Waals surface area contributed by atoms with Crippen LogP contribution in [0.15, 0.2) is 54.9 Å². The molecule has 11 heteroatoms. The van der Waals surface area contributed by atoms with E-state index in [4.69, 9.17) is 30.5 Å². The van der Waals surface area contributed by atoms with E-state index >= 15 is 0 Å². The van der Waals surface area contributed by atoms with Crippen molar-refractivity contribution in [3.05, 3.63) is 70.3 Å². The topological polar surface area (TPSA) is 92.1 Å². The first kappa shape index (κ1) is 29.7. The van der Waals surface area contributed by atoms with Crippen LogP contribution < -0.4 is 9.47 Å². The third-order valence-corrected chi connectivity index (χ3v) is 8.37. The number of nitrogens with zero attached hydrogens (tertiary/aromatic N) is 3. The lowest BCUT2D eigenvalue weighted by Gasteiger charge is -2.33. The third kappa shape index (κ3) is 6.50. The molecule has 1 aliphatic rings. The summed E-state index contributed by atoms with van der Waals surface area (Å²) in [5, 5.41) is 1.21. The van der Waals surface area contributed by atoms with Gasteiger partial charge in [-0.05, 0) is 45.9 Å². The highest BCUT2D eigenvalue weighted by Crippen LogP contribution is 2.39. The van der Waals surface area contributed by atoms with Gasteiger partial charge in [-0.1, -0.05) is 35.9 Å². The van der Waals surface area contributed by atoms with Crippen molar-refractivity contribution in [2.45, 2.75) is 58.3 Å². The first-order valence-corrected chi connectivity index (χ1v) is 15.0. The Morgan fingerprint density at radius 3 is 2.52 bits per heavy atom. The summed E-state index contributed by atoms with van der Waals surface area (Å²) in [6.07, 6.45) is 2.14. The Labute approximate surface area is 253 Å². The summed E-state index contributed by atoms with van der Waals surface area (Å²) in [4.78, 5) is 31.6. The Bertz CT molecular complexity index is 1590. The molecular weight excluding hydrogens is 578 g/mol. The number of hydrogen-bond donors (Lipinski definition) is 0. The molecule has 0 radical (unpaired) electrons. The van der Waals surface area contributed by atoms with Crippen LogP contribution in [-0.2, 0) is 9.47 Å². The van der Waals surface area contributed by atoms with E-state index in [1.807, 2.05) is 80.8 Å². The lowest BCUT2D eigenvalue weighted by atomic mass is 10.1. The smallest absolute Gasteiger partial charge is 0.410 e. The maximum atomic E-state index is 12.7. The summed E-state index contributed by atoms with van der Waals surface area (Å²) in [7, 11) is 1.34. The molecule has 42 heavy (non-hydrogen) atoms. The van der Waals surface area contributed by atoms with Crippen molar-refractivity contribution in [3.63, 3.8) is 0 Å². The molecule has 1 saturated heterocycles. The Morgan fingerprint density at radius 2 is 1.81 bits per heavy atom. The normalized spacial score (nSPS) is 15.0. The van der Waals surface area contributed by atoms with Crippen LogP contribution in [-0.4, -0.2) is 58.4 Å². The summed E-state index contributed by atoms with van der Waals surface area (Å²) in [5.41, 5.74) is 1.95. The molecule has 1 atom stereocenters. The molecule has 0 spiro atoms. The maximum Gasteiger partial charge on any atom is 0.410 e. The Morgan fingerprint density at radius 1 is 1.07 bits per heavy atom. The number of esters is 1. The van der Waals surface area contributed by atoms with Crippen LogP contribution in [0, 0.1) is 0 Å². The van der Waals surface area contributed by atoms with Crippen molar-refractivity contribution in [2.24, 2.45) is 0 Å². The van der Waals surface area contributed by atoms with E-state index in [9.17, 15) is 9.59 Å². The van der Waals surface area contributed by atoms with Crippen LogP contribution in [0.2, 0.25) is 5.02 Å². The van der Waals surface area contributed by atoms with Crippen molar-refractivity contribution >= 4 is 46.0 Å². The number of carbonyl (C=O) groups is 2. The second-order valence-corrected chi connectivity index (χ2v) is 12.5. The van der Waals surface area contributed by atoms with E-state index < -0.39 is 17.7 Å². The SMILES string of the molecule is COC(=O)c1sc(-n2cnc3ccccc32)cc1OC(C)c1cccc(OC2CCN(C(=O)OC(C)(C)C)CC2)c1Cl. The van der Waals surface area contributed by atoms with Gasteiger partial charge in [-0.2, -0.15) is 0 Å². The Kier molecular flexibility index (Phi) is 8.65. The minimum Gasteiger partial charge on any atom is -0.489 e. The molecule has 0 aliphatic carbocycles. The quantitative estimate of drug-likeness (QED) is 0.200. The zero-order valence-electron chi connectivity index (χ0n) is 24.3. The van der Waals surface area contributed by atoms with Crippen LogP contribution in [0.5, 0.6) is 11.5 Å². The number of likely N-dealkylation sites (tertiary alicyclic amines) is 1. The number of piperidine rings is 1. The number of amides is 1. The molecule has 0 bridgehead atoms. The number of fused-ring (bicyclic) bond motifs is 1. The lowest BCUT2D eigenvalue weighted by Crippen LogP contribution is -2.44. The number of rotatable bonds is 7. The molecule has 1 aliphatic heterocycles. The van der Waals surface area contributed by atoms with Crippen molar-refractivity contribution in [1.29, 1.82) is 0 Å². The first-order chi connectivity index (χ1) is 20.0. The molecule has 3 heterocycles. The lowest BCUT2D eigenvalue weighted by molar-refractivity contribution is 0.0126. The van der Waals surface area contributed by atoms with Crippen LogP contribution in [0.3, 0.4) is 0 Å². The van der Waals surface area contributed by atoms with Gasteiger partial charge in [0, 0.05) is 37.6 Å². The van der Waals surface area contributed by atoms with E-state index in [1.54, 1.807) is 11.2 Å². The fraction of sp³-hybridized carbons (Fsp3) is 0.387. The van der Waals surface area contributed by atoms with Crippen molar-refractivity contribution < 1.29 is 28.5 Å². The zero-order valence-corrected chi connectivity index (χ0v) is 25.8. The molecular formula is C31H34ClN3O6S. The van der Waals surface area contributed by atoms with Gasteiger partial charge in [0.25, 0.3) is 0 Å². The summed E-state index contributed by atoms with van der Waals surface area (Å²) >= 11 is 8.10. The van der Waals surface area contributed by atoms with Crippen molar-refractivity contribution in [2.75, 3.05) is 20.2 Å². The van der Waals surface area contributed by atoms with Crippen LogP contribution >= 0.6 is 22.9 Å². The minimum absolute atomic E-state index is 0.0944. The predicted octanol–water partition coefficient (Wildman–Crippen LogP) is 7.45. The summed E-state index contributed by atoms with van der Waals surface area (Å²) in [6, 6.07) is 15.1. The van der Waals surface area contributed by atoms with Crippen LogP contribution in [0.25, 0.3) is 16.0 Å². The highest BCUT2D eigenvalue weighted by atomic mass is 35.5. The van der Waals surface area contributed by atoms with Gasteiger partial charge in [0.1, 0.15) is 40.6 Å². The number of benzene rings is 2. The molecule has 5 rings (SSSR count). The van der Waals surface area contributed by atoms with Gasteiger partial charge in [0.15, 0.2) is 4.88 Å². The highest BCUT2D eigenvalue weighted by Gasteiger charge is 2.29. The number of hydrogen-bond acceptors (Lipinski definition) is 8. The minimum atomic E-state index is -0.534. The summed E-state index contributed by atoms with van der Waals surface area (Å²) < 4.78 is 25.1. The number of halogens is 1. The van der Waals surface area contributed by atoms with Gasteiger partial charge in [-0.15, -0.1) is 11.3 Å². The Hall–Kier alpha value is -3.76. The second kappa shape index (κ2) is 12.2. The molecule has 0 saturated carbocycles. The molecule has 9 nitrogen and oxygen atoms in total.